The highest BCUT2D eigenvalue weighted by atomic mass is 33.1. The number of nitrogens with one attached hydrogen (secondary N) is 1. The van der Waals surface area contributed by atoms with E-state index in [0.717, 1.165) is 64.8 Å². The van der Waals surface area contributed by atoms with Gasteiger partial charge in [-0.15, -0.1) is 0 Å². The number of aliphatic hydroxyl groups excluding tert-OH is 2. The van der Waals surface area contributed by atoms with E-state index >= 15 is 0 Å². The van der Waals surface area contributed by atoms with Gasteiger partial charge in [0.1, 0.15) is 0 Å². The van der Waals surface area contributed by atoms with Gasteiger partial charge in [0.05, 0.1) is 12.2 Å². The Morgan fingerprint density at radius 1 is 0.676 bits per heavy atom. The fraction of sp³-hybridized carbons (Fsp3) is 1.00. The van der Waals surface area contributed by atoms with Crippen LogP contribution >= 0.6 is 21.6 Å². The van der Waals surface area contributed by atoms with Crippen molar-refractivity contribution in [3.8, 4) is 0 Å². The summed E-state index contributed by atoms with van der Waals surface area (Å²) in [4.78, 5) is 4.92. The van der Waals surface area contributed by atoms with E-state index in [9.17, 15) is 10.2 Å². The quantitative estimate of drug-likeness (QED) is 0.0774. The van der Waals surface area contributed by atoms with Crippen LogP contribution in [0.1, 0.15) is 117 Å². The van der Waals surface area contributed by atoms with E-state index in [-0.39, 0.29) is 12.2 Å². The Balaban J connectivity index is 2.22. The molecule has 3 N–H and O–H groups in total. The lowest BCUT2D eigenvalue weighted by molar-refractivity contribution is 0.0599. The van der Waals surface area contributed by atoms with Gasteiger partial charge >= 0.3 is 0 Å². The van der Waals surface area contributed by atoms with Gasteiger partial charge in [0.2, 0.25) is 0 Å². The Hall–Kier alpha value is 0.500. The van der Waals surface area contributed by atoms with Crippen molar-refractivity contribution < 1.29 is 10.2 Å². The van der Waals surface area contributed by atoms with Crippen molar-refractivity contribution in [2.75, 3.05) is 63.9 Å². The lowest BCUT2D eigenvalue weighted by atomic mass is 10.1. The average molecular weight is 562 g/mol. The van der Waals surface area contributed by atoms with E-state index in [1.165, 1.54) is 102 Å². The number of piperazine rings is 1. The molecule has 222 valence electrons. The van der Waals surface area contributed by atoms with Gasteiger partial charge in [-0.1, -0.05) is 112 Å². The molecule has 2 atom stereocenters. The molecule has 5 nitrogen and oxygen atoms in total. The molecule has 1 rings (SSSR count). The number of nitrogens with zero attached hydrogens (tertiary/aromatic N) is 2. The third-order valence-corrected chi connectivity index (χ3v) is 9.93. The van der Waals surface area contributed by atoms with Crippen molar-refractivity contribution in [1.29, 1.82) is 0 Å². The van der Waals surface area contributed by atoms with E-state index in [4.69, 9.17) is 0 Å². The van der Waals surface area contributed by atoms with E-state index in [1.807, 2.05) is 21.6 Å². The Bertz CT molecular complexity index is 446. The maximum atomic E-state index is 10.7. The minimum Gasteiger partial charge on any atom is -0.392 e. The van der Waals surface area contributed by atoms with Gasteiger partial charge in [0.25, 0.3) is 0 Å². The van der Waals surface area contributed by atoms with Gasteiger partial charge in [-0.3, -0.25) is 9.80 Å². The van der Waals surface area contributed by atoms with Gasteiger partial charge in [0, 0.05) is 57.3 Å². The zero-order valence-corrected chi connectivity index (χ0v) is 26.3. The Morgan fingerprint density at radius 2 is 1.19 bits per heavy atom. The number of aliphatic hydroxyl groups is 2. The maximum absolute atomic E-state index is 10.7. The largest absolute Gasteiger partial charge is 0.392 e. The van der Waals surface area contributed by atoms with Crippen LogP contribution in [0.25, 0.3) is 0 Å². The van der Waals surface area contributed by atoms with Crippen LogP contribution in [-0.4, -0.2) is 96.1 Å². The summed E-state index contributed by atoms with van der Waals surface area (Å²) in [5.41, 5.74) is 0. The minimum atomic E-state index is -0.262. The molecule has 0 saturated carbocycles. The second kappa shape index (κ2) is 26.7. The first-order chi connectivity index (χ1) is 18.2. The molecular weight excluding hydrogens is 498 g/mol. The van der Waals surface area contributed by atoms with E-state index in [2.05, 4.69) is 29.0 Å². The molecular formula is C30H63N3O2S2. The standard InChI is InChI=1S/C30H63N3O2S2/c1-3-5-7-9-11-13-17-29(34)27-33(28-30(35)18-14-12-10-8-6-4-2)21-15-16-25-36-37-26-24-32-22-19-31-20-23-32/h29-31,34-35H,3-28H2,1-2H3. The number of hydrogen-bond donors (Lipinski definition) is 3. The van der Waals surface area contributed by atoms with Gasteiger partial charge in [-0.25, -0.2) is 0 Å². The molecule has 0 spiro atoms. The molecule has 0 aliphatic carbocycles. The summed E-state index contributed by atoms with van der Waals surface area (Å²) in [6.07, 6.45) is 18.9. The summed E-state index contributed by atoms with van der Waals surface area (Å²) >= 11 is 0. The summed E-state index contributed by atoms with van der Waals surface area (Å²) in [6, 6.07) is 0. The molecule has 0 bridgehead atoms. The van der Waals surface area contributed by atoms with Crippen LogP contribution in [-0.2, 0) is 0 Å². The molecule has 1 aliphatic heterocycles. The Kier molecular flexibility index (Phi) is 25.6. The van der Waals surface area contributed by atoms with Crippen molar-refractivity contribution in [1.82, 2.24) is 15.1 Å². The topological polar surface area (TPSA) is 59.0 Å². The molecule has 7 heteroatoms. The van der Waals surface area contributed by atoms with Crippen LogP contribution in [0.5, 0.6) is 0 Å². The third-order valence-electron chi connectivity index (χ3n) is 7.46. The van der Waals surface area contributed by atoms with E-state index in [0.29, 0.717) is 0 Å². The van der Waals surface area contributed by atoms with Crippen molar-refractivity contribution in [2.24, 2.45) is 0 Å². The first kappa shape index (κ1) is 35.5. The first-order valence-electron chi connectivity index (χ1n) is 15.9. The first-order valence-corrected chi connectivity index (χ1v) is 18.4. The molecule has 2 unspecified atom stereocenters. The predicted octanol–water partition coefficient (Wildman–Crippen LogP) is 6.58. The lowest BCUT2D eigenvalue weighted by Crippen LogP contribution is -2.44. The highest BCUT2D eigenvalue weighted by molar-refractivity contribution is 8.76. The zero-order chi connectivity index (χ0) is 26.8. The minimum absolute atomic E-state index is 0.262. The molecule has 37 heavy (non-hydrogen) atoms. The molecule has 0 aromatic heterocycles. The summed E-state index contributed by atoms with van der Waals surface area (Å²) in [5.74, 6) is 2.41. The monoisotopic (exact) mass is 561 g/mol. The zero-order valence-electron chi connectivity index (χ0n) is 24.6. The van der Waals surface area contributed by atoms with Crippen molar-refractivity contribution in [3.05, 3.63) is 0 Å². The third kappa shape index (κ3) is 23.0. The van der Waals surface area contributed by atoms with E-state index < -0.39 is 0 Å². The maximum Gasteiger partial charge on any atom is 0.0667 e. The van der Waals surface area contributed by atoms with Gasteiger partial charge in [0.15, 0.2) is 0 Å². The number of unbranched alkanes of at least 4 members (excludes halogenated alkanes) is 11. The summed E-state index contributed by atoms with van der Waals surface area (Å²) in [6.45, 7) is 12.8. The normalized spacial score (nSPS) is 16.5. The SMILES string of the molecule is CCCCCCCCC(O)CN(CCCCSSCCN1CCNCC1)CC(O)CCCCCCCC. The highest BCUT2D eigenvalue weighted by Crippen LogP contribution is 2.22. The predicted molar refractivity (Wildman–Crippen MR) is 168 cm³/mol. The number of hydrogen-bond acceptors (Lipinski definition) is 7. The fourth-order valence-corrected chi connectivity index (χ4v) is 7.25. The highest BCUT2D eigenvalue weighted by Gasteiger charge is 2.16. The van der Waals surface area contributed by atoms with Crippen LogP contribution in [0.2, 0.25) is 0 Å². The Morgan fingerprint density at radius 3 is 1.76 bits per heavy atom. The summed E-state index contributed by atoms with van der Waals surface area (Å²) in [7, 11) is 4.04. The lowest BCUT2D eigenvalue weighted by Gasteiger charge is -2.27. The van der Waals surface area contributed by atoms with Crippen LogP contribution in [0, 0.1) is 0 Å². The Labute approximate surface area is 239 Å². The second-order valence-corrected chi connectivity index (χ2v) is 13.8. The molecule has 1 saturated heterocycles. The molecule has 1 heterocycles. The smallest absolute Gasteiger partial charge is 0.0667 e. The summed E-state index contributed by atoms with van der Waals surface area (Å²) < 4.78 is 0. The molecule has 0 radical (unpaired) electrons. The molecule has 1 fully saturated rings. The van der Waals surface area contributed by atoms with Gasteiger partial charge in [-0.05, 0) is 32.2 Å². The average Bonchev–Trinajstić information content (AvgIpc) is 2.90. The fourth-order valence-electron chi connectivity index (χ4n) is 5.07. The number of rotatable bonds is 27. The van der Waals surface area contributed by atoms with Crippen molar-refractivity contribution >= 4 is 21.6 Å². The van der Waals surface area contributed by atoms with Crippen molar-refractivity contribution in [3.63, 3.8) is 0 Å². The summed E-state index contributed by atoms with van der Waals surface area (Å²) in [5, 5.41) is 24.8. The van der Waals surface area contributed by atoms with Gasteiger partial charge < -0.3 is 15.5 Å². The van der Waals surface area contributed by atoms with Crippen LogP contribution in [0.4, 0.5) is 0 Å². The van der Waals surface area contributed by atoms with Crippen LogP contribution < -0.4 is 5.32 Å². The van der Waals surface area contributed by atoms with Crippen LogP contribution in [0.3, 0.4) is 0 Å². The van der Waals surface area contributed by atoms with E-state index in [1.54, 1.807) is 0 Å². The van der Waals surface area contributed by atoms with Crippen LogP contribution in [0.15, 0.2) is 0 Å². The molecule has 0 amide bonds. The van der Waals surface area contributed by atoms with Crippen molar-refractivity contribution in [2.45, 2.75) is 129 Å². The molecule has 1 aliphatic rings. The molecule has 0 aromatic carbocycles. The molecule has 0 aromatic rings. The second-order valence-electron chi connectivity index (χ2n) is 11.1. The van der Waals surface area contributed by atoms with Gasteiger partial charge in [-0.2, -0.15) is 0 Å².